The van der Waals surface area contributed by atoms with Gasteiger partial charge in [-0.2, -0.15) is 5.26 Å². The average Bonchev–Trinajstić information content (AvgIpc) is 3.33. The van der Waals surface area contributed by atoms with Crippen molar-refractivity contribution in [3.05, 3.63) is 66.0 Å². The Morgan fingerprint density at radius 2 is 1.79 bits per heavy atom. The molecule has 34 heavy (non-hydrogen) atoms. The van der Waals surface area contributed by atoms with E-state index in [9.17, 15) is 5.26 Å². The molecule has 9 nitrogen and oxygen atoms in total. The van der Waals surface area contributed by atoms with E-state index in [1.807, 2.05) is 30.5 Å². The van der Waals surface area contributed by atoms with E-state index < -0.39 is 0 Å². The van der Waals surface area contributed by atoms with Crippen LogP contribution in [0.25, 0.3) is 22.6 Å². The number of rotatable bonds is 5. The van der Waals surface area contributed by atoms with Gasteiger partial charge in [-0.15, -0.1) is 5.10 Å². The second kappa shape index (κ2) is 9.27. The van der Waals surface area contributed by atoms with Crippen LogP contribution in [-0.4, -0.2) is 43.0 Å². The van der Waals surface area contributed by atoms with Crippen molar-refractivity contribution in [2.75, 3.05) is 23.7 Å². The van der Waals surface area contributed by atoms with Crippen LogP contribution in [0.1, 0.15) is 31.0 Å². The fourth-order valence-electron chi connectivity index (χ4n) is 4.12. The lowest BCUT2D eigenvalue weighted by molar-refractivity contribution is 0.436. The second-order valence-electron chi connectivity index (χ2n) is 8.65. The minimum atomic E-state index is 0.134. The van der Waals surface area contributed by atoms with Gasteiger partial charge >= 0.3 is 0 Å². The van der Waals surface area contributed by atoms with Crippen LogP contribution in [0.5, 0.6) is 0 Å². The van der Waals surface area contributed by atoms with E-state index in [-0.39, 0.29) is 5.95 Å². The first kappa shape index (κ1) is 21.5. The Morgan fingerprint density at radius 3 is 2.62 bits per heavy atom. The molecule has 1 aromatic carbocycles. The molecule has 5 rings (SSSR count). The van der Waals surface area contributed by atoms with Crippen LogP contribution in [0, 0.1) is 17.2 Å². The van der Waals surface area contributed by atoms with E-state index >= 15 is 0 Å². The Morgan fingerprint density at radius 1 is 1.00 bits per heavy atom. The molecule has 3 aromatic heterocycles. The van der Waals surface area contributed by atoms with Crippen LogP contribution in [-0.2, 0) is 6.54 Å². The summed E-state index contributed by atoms with van der Waals surface area (Å²) in [6, 6.07) is 17.3. The molecule has 0 bridgehead atoms. The van der Waals surface area contributed by atoms with Crippen molar-refractivity contribution in [2.24, 2.45) is 5.92 Å². The summed E-state index contributed by atoms with van der Waals surface area (Å²) < 4.78 is 1.74. The highest BCUT2D eigenvalue weighted by atomic mass is 15.4. The predicted octanol–water partition coefficient (Wildman–Crippen LogP) is 3.54. The van der Waals surface area contributed by atoms with Gasteiger partial charge in [0.2, 0.25) is 5.95 Å². The van der Waals surface area contributed by atoms with Crippen LogP contribution in [0.2, 0.25) is 0 Å². The fourth-order valence-corrected chi connectivity index (χ4v) is 4.12. The van der Waals surface area contributed by atoms with Crippen LogP contribution < -0.4 is 10.6 Å². The Labute approximate surface area is 197 Å². The highest BCUT2D eigenvalue weighted by molar-refractivity contribution is 5.68. The van der Waals surface area contributed by atoms with Crippen molar-refractivity contribution in [1.82, 2.24) is 29.9 Å². The molecule has 0 amide bonds. The third-order valence-corrected chi connectivity index (χ3v) is 6.06. The zero-order valence-corrected chi connectivity index (χ0v) is 19.0. The second-order valence-corrected chi connectivity index (χ2v) is 8.65. The lowest BCUT2D eigenvalue weighted by Crippen LogP contribution is -2.33. The van der Waals surface area contributed by atoms with Gasteiger partial charge in [0.25, 0.3) is 0 Å². The molecule has 0 unspecified atom stereocenters. The van der Waals surface area contributed by atoms with Gasteiger partial charge in [0, 0.05) is 18.7 Å². The first-order valence-corrected chi connectivity index (χ1v) is 11.3. The molecule has 0 aliphatic carbocycles. The molecule has 1 aliphatic heterocycles. The number of hydrogen-bond donors (Lipinski definition) is 1. The summed E-state index contributed by atoms with van der Waals surface area (Å²) in [6.07, 6.45) is 4.22. The number of pyridine rings is 1. The number of nitrogens with two attached hydrogens (primary N) is 1. The Bertz CT molecular complexity index is 1350. The van der Waals surface area contributed by atoms with E-state index in [1.165, 1.54) is 12.8 Å². The molecule has 170 valence electrons. The molecule has 1 saturated heterocycles. The predicted molar refractivity (Wildman–Crippen MR) is 130 cm³/mol. The molecule has 4 aromatic rings. The number of anilines is 2. The topological polar surface area (TPSA) is 122 Å². The maximum Gasteiger partial charge on any atom is 0.221 e. The quantitative estimate of drug-likeness (QED) is 0.489. The van der Waals surface area contributed by atoms with Gasteiger partial charge in [0.15, 0.2) is 0 Å². The summed E-state index contributed by atoms with van der Waals surface area (Å²) >= 11 is 0. The van der Waals surface area contributed by atoms with Gasteiger partial charge in [0.1, 0.15) is 11.5 Å². The maximum absolute atomic E-state index is 9.19. The molecular weight excluding hydrogens is 426 g/mol. The SMILES string of the molecule is CC1CCN(c2cccc(Cn3cc(-c4cc(-c5cccc(C#N)c5)nc(N)n4)nn3)n2)CC1. The van der Waals surface area contributed by atoms with E-state index in [4.69, 9.17) is 10.7 Å². The van der Waals surface area contributed by atoms with Gasteiger partial charge < -0.3 is 10.6 Å². The lowest BCUT2D eigenvalue weighted by Gasteiger charge is -2.31. The van der Waals surface area contributed by atoms with Gasteiger partial charge in [0.05, 0.1) is 41.5 Å². The molecule has 0 spiro atoms. The Kier molecular flexibility index (Phi) is 5.87. The Balaban J connectivity index is 1.36. The summed E-state index contributed by atoms with van der Waals surface area (Å²) in [6.45, 7) is 4.89. The molecule has 1 aliphatic rings. The van der Waals surface area contributed by atoms with E-state index in [1.54, 1.807) is 22.9 Å². The largest absolute Gasteiger partial charge is 0.368 e. The monoisotopic (exact) mass is 451 g/mol. The highest BCUT2D eigenvalue weighted by Crippen LogP contribution is 2.25. The van der Waals surface area contributed by atoms with E-state index in [0.717, 1.165) is 36.1 Å². The van der Waals surface area contributed by atoms with E-state index in [0.29, 0.717) is 29.2 Å². The minimum Gasteiger partial charge on any atom is -0.368 e. The molecule has 0 radical (unpaired) electrons. The normalized spacial score (nSPS) is 14.2. The summed E-state index contributed by atoms with van der Waals surface area (Å²) in [4.78, 5) is 15.9. The van der Waals surface area contributed by atoms with Gasteiger partial charge in [-0.05, 0) is 49.1 Å². The number of nitriles is 1. The van der Waals surface area contributed by atoms with Crippen LogP contribution >= 0.6 is 0 Å². The number of nitrogen functional groups attached to an aromatic ring is 1. The van der Waals surface area contributed by atoms with Gasteiger partial charge in [-0.3, -0.25) is 0 Å². The standard InChI is InChI=1S/C25H25N9/c1-17-8-10-33(11-9-17)24-7-3-6-20(28-24)15-34-16-23(31-32-34)22-13-21(29-25(27)30-22)19-5-2-4-18(12-19)14-26/h2-7,12-13,16-17H,8-11,15H2,1H3,(H2,27,29,30). The molecule has 2 N–H and O–H groups in total. The summed E-state index contributed by atoms with van der Waals surface area (Å²) in [5.41, 5.74) is 10.0. The zero-order chi connectivity index (χ0) is 23.5. The smallest absolute Gasteiger partial charge is 0.221 e. The highest BCUT2D eigenvalue weighted by Gasteiger charge is 2.17. The van der Waals surface area contributed by atoms with Crippen molar-refractivity contribution in [1.29, 1.82) is 5.26 Å². The number of hydrogen-bond acceptors (Lipinski definition) is 8. The molecule has 0 saturated carbocycles. The first-order chi connectivity index (χ1) is 16.6. The Hall–Kier alpha value is -4.32. The van der Waals surface area contributed by atoms with Crippen molar-refractivity contribution in [2.45, 2.75) is 26.3 Å². The molecule has 0 atom stereocenters. The molecule has 4 heterocycles. The number of benzene rings is 1. The van der Waals surface area contributed by atoms with Crippen molar-refractivity contribution >= 4 is 11.8 Å². The van der Waals surface area contributed by atoms with Crippen molar-refractivity contribution < 1.29 is 0 Å². The zero-order valence-electron chi connectivity index (χ0n) is 19.0. The van der Waals surface area contributed by atoms with Crippen molar-refractivity contribution in [3.63, 3.8) is 0 Å². The van der Waals surface area contributed by atoms with Gasteiger partial charge in [-0.25, -0.2) is 19.6 Å². The lowest BCUT2D eigenvalue weighted by atomic mass is 9.99. The molecule has 1 fully saturated rings. The minimum absolute atomic E-state index is 0.134. The molecular formula is C25H25N9. The third-order valence-electron chi connectivity index (χ3n) is 6.06. The van der Waals surface area contributed by atoms with Crippen LogP contribution in [0.15, 0.2) is 54.7 Å². The summed E-state index contributed by atoms with van der Waals surface area (Å²) in [5, 5.41) is 17.7. The van der Waals surface area contributed by atoms with Crippen LogP contribution in [0.4, 0.5) is 11.8 Å². The van der Waals surface area contributed by atoms with Gasteiger partial charge in [-0.1, -0.05) is 30.3 Å². The van der Waals surface area contributed by atoms with E-state index in [2.05, 4.69) is 44.2 Å². The molecule has 9 heteroatoms. The van der Waals surface area contributed by atoms with Crippen molar-refractivity contribution in [3.8, 4) is 28.7 Å². The third kappa shape index (κ3) is 4.71. The average molecular weight is 452 g/mol. The number of piperidine rings is 1. The summed E-state index contributed by atoms with van der Waals surface area (Å²) in [5.74, 6) is 1.92. The maximum atomic E-state index is 9.19. The first-order valence-electron chi connectivity index (χ1n) is 11.3. The summed E-state index contributed by atoms with van der Waals surface area (Å²) in [7, 11) is 0. The number of nitrogens with zero attached hydrogens (tertiary/aromatic N) is 8. The number of aromatic nitrogens is 6. The fraction of sp³-hybridized carbons (Fsp3) is 0.280. The van der Waals surface area contributed by atoms with Crippen LogP contribution in [0.3, 0.4) is 0 Å².